The maximum atomic E-state index is 12.7. The standard InChI is InChI=1S/C22H26N2O7S2/c1-13(2)31-22(27)19-16-9-4-5-10-17(16)32-20(19)24-18(25)12-30-21(26)14-7-6-8-15(11-14)33(28,29)23-3/h6-8,11,13,23H,4-5,9-10,12H2,1-3H3,(H,24,25). The van der Waals surface area contributed by atoms with Crippen molar-refractivity contribution in [2.24, 2.45) is 0 Å². The highest BCUT2D eigenvalue weighted by atomic mass is 32.2. The van der Waals surface area contributed by atoms with Crippen LogP contribution in [0.3, 0.4) is 0 Å². The first kappa shape index (κ1) is 24.9. The Hall–Kier alpha value is -2.76. The van der Waals surface area contributed by atoms with Crippen molar-refractivity contribution in [2.45, 2.75) is 50.5 Å². The number of fused-ring (bicyclic) bond motifs is 1. The topological polar surface area (TPSA) is 128 Å². The largest absolute Gasteiger partial charge is 0.459 e. The lowest BCUT2D eigenvalue weighted by Crippen LogP contribution is -2.23. The third-order valence-corrected chi connectivity index (χ3v) is 7.57. The van der Waals surface area contributed by atoms with Crippen LogP contribution in [0.2, 0.25) is 0 Å². The number of hydrogen-bond donors (Lipinski definition) is 2. The molecule has 0 radical (unpaired) electrons. The van der Waals surface area contributed by atoms with Crippen LogP contribution in [0.15, 0.2) is 29.2 Å². The average molecular weight is 495 g/mol. The van der Waals surface area contributed by atoms with E-state index in [4.69, 9.17) is 9.47 Å². The predicted molar refractivity (Wildman–Crippen MR) is 123 cm³/mol. The number of hydrogen-bond acceptors (Lipinski definition) is 8. The number of carbonyl (C=O) groups is 3. The molecule has 0 aliphatic heterocycles. The van der Waals surface area contributed by atoms with E-state index in [1.807, 2.05) is 0 Å². The molecule has 1 heterocycles. The Kier molecular flexibility index (Phi) is 7.88. The lowest BCUT2D eigenvalue weighted by atomic mass is 9.95. The van der Waals surface area contributed by atoms with E-state index in [0.717, 1.165) is 36.1 Å². The minimum absolute atomic E-state index is 0.00749. The molecule has 1 aliphatic carbocycles. The number of rotatable bonds is 8. The number of carbonyl (C=O) groups excluding carboxylic acids is 3. The number of benzene rings is 1. The molecule has 0 atom stereocenters. The van der Waals surface area contributed by atoms with Crippen LogP contribution in [0.1, 0.15) is 57.8 Å². The number of amides is 1. The number of aryl methyl sites for hydroxylation is 1. The van der Waals surface area contributed by atoms with Gasteiger partial charge in [0.1, 0.15) is 5.00 Å². The van der Waals surface area contributed by atoms with Crippen LogP contribution >= 0.6 is 11.3 Å². The van der Waals surface area contributed by atoms with E-state index in [0.29, 0.717) is 10.6 Å². The van der Waals surface area contributed by atoms with Crippen molar-refractivity contribution in [1.82, 2.24) is 4.72 Å². The predicted octanol–water partition coefficient (Wildman–Crippen LogP) is 2.90. The molecular formula is C22H26N2O7S2. The third-order valence-electron chi connectivity index (χ3n) is 4.95. The maximum Gasteiger partial charge on any atom is 0.341 e. The Balaban J connectivity index is 1.70. The van der Waals surface area contributed by atoms with E-state index in [1.54, 1.807) is 13.8 Å². The molecule has 0 saturated heterocycles. The van der Waals surface area contributed by atoms with Crippen molar-refractivity contribution in [3.63, 3.8) is 0 Å². The molecule has 0 unspecified atom stereocenters. The number of nitrogens with one attached hydrogen (secondary N) is 2. The summed E-state index contributed by atoms with van der Waals surface area (Å²) in [4.78, 5) is 38.5. The van der Waals surface area contributed by atoms with Gasteiger partial charge in [-0.3, -0.25) is 4.79 Å². The van der Waals surface area contributed by atoms with Gasteiger partial charge in [0.05, 0.1) is 22.1 Å². The van der Waals surface area contributed by atoms with Gasteiger partial charge in [0, 0.05) is 4.88 Å². The minimum atomic E-state index is -3.73. The fraction of sp³-hybridized carbons (Fsp3) is 0.409. The third kappa shape index (κ3) is 5.98. The van der Waals surface area contributed by atoms with Crippen LogP contribution in [0.25, 0.3) is 0 Å². The average Bonchev–Trinajstić information content (AvgIpc) is 3.14. The molecule has 33 heavy (non-hydrogen) atoms. The molecule has 11 heteroatoms. The second-order valence-electron chi connectivity index (χ2n) is 7.73. The molecular weight excluding hydrogens is 468 g/mol. The summed E-state index contributed by atoms with van der Waals surface area (Å²) in [6, 6.07) is 5.30. The highest BCUT2D eigenvalue weighted by molar-refractivity contribution is 7.89. The molecule has 1 amide bonds. The van der Waals surface area contributed by atoms with Gasteiger partial charge in [0.15, 0.2) is 6.61 Å². The quantitative estimate of drug-likeness (QED) is 0.540. The van der Waals surface area contributed by atoms with Gasteiger partial charge in [-0.05, 0) is 70.3 Å². The number of thiophene rings is 1. The Morgan fingerprint density at radius 1 is 1.12 bits per heavy atom. The first-order chi connectivity index (χ1) is 15.6. The van der Waals surface area contributed by atoms with E-state index < -0.39 is 34.5 Å². The van der Waals surface area contributed by atoms with Crippen LogP contribution in [0, 0.1) is 0 Å². The molecule has 9 nitrogen and oxygen atoms in total. The van der Waals surface area contributed by atoms with Crippen molar-refractivity contribution >= 4 is 44.2 Å². The zero-order chi connectivity index (χ0) is 24.2. The lowest BCUT2D eigenvalue weighted by molar-refractivity contribution is -0.119. The highest BCUT2D eigenvalue weighted by Gasteiger charge is 2.28. The lowest BCUT2D eigenvalue weighted by Gasteiger charge is -2.14. The summed E-state index contributed by atoms with van der Waals surface area (Å²) >= 11 is 1.34. The second-order valence-corrected chi connectivity index (χ2v) is 10.7. The summed E-state index contributed by atoms with van der Waals surface area (Å²) in [5.41, 5.74) is 1.27. The fourth-order valence-electron chi connectivity index (χ4n) is 3.43. The zero-order valence-electron chi connectivity index (χ0n) is 18.6. The number of esters is 2. The van der Waals surface area contributed by atoms with Gasteiger partial charge in [-0.1, -0.05) is 6.07 Å². The Morgan fingerprint density at radius 3 is 2.55 bits per heavy atom. The molecule has 1 aliphatic rings. The highest BCUT2D eigenvalue weighted by Crippen LogP contribution is 2.38. The maximum absolute atomic E-state index is 12.7. The van der Waals surface area contributed by atoms with Crippen molar-refractivity contribution in [2.75, 3.05) is 19.0 Å². The van der Waals surface area contributed by atoms with Gasteiger partial charge in [-0.25, -0.2) is 22.7 Å². The van der Waals surface area contributed by atoms with E-state index in [2.05, 4.69) is 10.0 Å². The molecule has 1 aromatic heterocycles. The molecule has 178 valence electrons. The van der Waals surface area contributed by atoms with Gasteiger partial charge in [-0.15, -0.1) is 11.3 Å². The van der Waals surface area contributed by atoms with Gasteiger partial charge in [-0.2, -0.15) is 0 Å². The van der Waals surface area contributed by atoms with E-state index >= 15 is 0 Å². The van der Waals surface area contributed by atoms with E-state index in [-0.39, 0.29) is 16.6 Å². The summed E-state index contributed by atoms with van der Waals surface area (Å²) in [6.45, 7) is 2.92. The molecule has 2 N–H and O–H groups in total. The molecule has 2 aromatic rings. The summed E-state index contributed by atoms with van der Waals surface area (Å²) < 4.78 is 36.4. The van der Waals surface area contributed by atoms with Crippen molar-refractivity contribution < 1.29 is 32.3 Å². The van der Waals surface area contributed by atoms with Crippen LogP contribution in [-0.4, -0.2) is 46.0 Å². The van der Waals surface area contributed by atoms with Gasteiger partial charge in [0.2, 0.25) is 10.0 Å². The van der Waals surface area contributed by atoms with Crippen molar-refractivity contribution in [3.05, 3.63) is 45.8 Å². The summed E-state index contributed by atoms with van der Waals surface area (Å²) in [5, 5.41) is 3.05. The number of sulfonamides is 1. The first-order valence-corrected chi connectivity index (χ1v) is 12.8. The first-order valence-electron chi connectivity index (χ1n) is 10.5. The van der Waals surface area contributed by atoms with Crippen LogP contribution in [0.5, 0.6) is 0 Å². The summed E-state index contributed by atoms with van der Waals surface area (Å²) in [6.07, 6.45) is 3.24. The van der Waals surface area contributed by atoms with Crippen LogP contribution in [0.4, 0.5) is 5.00 Å². The Labute approximate surface area is 196 Å². The van der Waals surface area contributed by atoms with Crippen molar-refractivity contribution in [1.29, 1.82) is 0 Å². The van der Waals surface area contributed by atoms with E-state index in [9.17, 15) is 22.8 Å². The molecule has 0 saturated carbocycles. The Bertz CT molecular complexity index is 1170. The Morgan fingerprint density at radius 2 is 1.85 bits per heavy atom. The molecule has 0 spiro atoms. The number of ether oxygens (including phenoxy) is 2. The minimum Gasteiger partial charge on any atom is -0.459 e. The van der Waals surface area contributed by atoms with Crippen LogP contribution < -0.4 is 10.0 Å². The summed E-state index contributed by atoms with van der Waals surface area (Å²) in [7, 11) is -2.47. The normalized spacial score (nSPS) is 13.3. The fourth-order valence-corrected chi connectivity index (χ4v) is 5.50. The smallest absolute Gasteiger partial charge is 0.341 e. The van der Waals surface area contributed by atoms with E-state index in [1.165, 1.54) is 42.6 Å². The van der Waals surface area contributed by atoms with Crippen molar-refractivity contribution in [3.8, 4) is 0 Å². The molecule has 1 aromatic carbocycles. The molecule has 0 fully saturated rings. The zero-order valence-corrected chi connectivity index (χ0v) is 20.2. The van der Waals surface area contributed by atoms with Gasteiger partial charge >= 0.3 is 11.9 Å². The molecule has 0 bridgehead atoms. The van der Waals surface area contributed by atoms with Gasteiger partial charge < -0.3 is 14.8 Å². The molecule has 3 rings (SSSR count). The number of anilines is 1. The second kappa shape index (κ2) is 10.4. The summed E-state index contributed by atoms with van der Waals surface area (Å²) in [5.74, 6) is -1.94. The monoisotopic (exact) mass is 494 g/mol. The SMILES string of the molecule is CNS(=O)(=O)c1cccc(C(=O)OCC(=O)Nc2sc3c(c2C(=O)OC(C)C)CCCC3)c1. The van der Waals surface area contributed by atoms with Crippen LogP contribution in [-0.2, 0) is 37.1 Å². The van der Waals surface area contributed by atoms with Gasteiger partial charge in [0.25, 0.3) is 5.91 Å².